The maximum absolute atomic E-state index is 12.2. The molecule has 0 bridgehead atoms. The van der Waals surface area contributed by atoms with E-state index in [0.717, 1.165) is 0 Å². The zero-order valence-corrected chi connectivity index (χ0v) is 14.1. The van der Waals surface area contributed by atoms with E-state index in [1.165, 1.54) is 21.3 Å². The predicted molar refractivity (Wildman–Crippen MR) is 87.2 cm³/mol. The first-order valence-corrected chi connectivity index (χ1v) is 7.41. The van der Waals surface area contributed by atoms with Crippen molar-refractivity contribution in [1.29, 1.82) is 0 Å². The average Bonchev–Trinajstić information content (AvgIpc) is 2.58. The molecule has 0 aliphatic carbocycles. The Labute approximate surface area is 136 Å². The Morgan fingerprint density at radius 1 is 1.13 bits per heavy atom. The summed E-state index contributed by atoms with van der Waals surface area (Å²) in [5.41, 5.74) is 11.7. The summed E-state index contributed by atoms with van der Waals surface area (Å²) >= 11 is 0. The van der Waals surface area contributed by atoms with Gasteiger partial charge in [0.2, 0.25) is 5.75 Å². The predicted octanol–water partition coefficient (Wildman–Crippen LogP) is 1.18. The van der Waals surface area contributed by atoms with Crippen molar-refractivity contribution >= 4 is 5.97 Å². The lowest BCUT2D eigenvalue weighted by atomic mass is 10.00. The molecule has 0 saturated heterocycles. The van der Waals surface area contributed by atoms with E-state index >= 15 is 0 Å². The highest BCUT2D eigenvalue weighted by Crippen LogP contribution is 2.38. The van der Waals surface area contributed by atoms with Gasteiger partial charge in [0.1, 0.15) is 0 Å². The maximum atomic E-state index is 12.2. The average molecular weight is 326 g/mol. The molecule has 0 aromatic heterocycles. The third-order valence-corrected chi connectivity index (χ3v) is 3.71. The van der Waals surface area contributed by atoms with Gasteiger partial charge in [-0.05, 0) is 24.5 Å². The van der Waals surface area contributed by atoms with Gasteiger partial charge in [-0.3, -0.25) is 0 Å². The topological polar surface area (TPSA) is 106 Å². The van der Waals surface area contributed by atoms with Gasteiger partial charge in [0.05, 0.1) is 33.5 Å². The largest absolute Gasteiger partial charge is 0.493 e. The summed E-state index contributed by atoms with van der Waals surface area (Å²) in [7, 11) is 4.48. The van der Waals surface area contributed by atoms with E-state index in [-0.39, 0.29) is 18.6 Å². The summed E-state index contributed by atoms with van der Waals surface area (Å²) in [4.78, 5) is 12.2. The molecule has 23 heavy (non-hydrogen) atoms. The number of rotatable bonds is 9. The maximum Gasteiger partial charge on any atom is 0.338 e. The third kappa shape index (κ3) is 5.01. The summed E-state index contributed by atoms with van der Waals surface area (Å²) in [5.74, 6) is 0.939. The molecule has 7 heteroatoms. The molecular weight excluding hydrogens is 300 g/mol. The van der Waals surface area contributed by atoms with E-state index in [2.05, 4.69) is 0 Å². The fraction of sp³-hybridized carbons (Fsp3) is 0.562. The van der Waals surface area contributed by atoms with Crippen LogP contribution in [0, 0.1) is 5.92 Å². The van der Waals surface area contributed by atoms with Gasteiger partial charge in [-0.25, -0.2) is 4.79 Å². The van der Waals surface area contributed by atoms with E-state index in [4.69, 9.17) is 30.4 Å². The van der Waals surface area contributed by atoms with Crippen LogP contribution in [-0.2, 0) is 4.74 Å². The molecule has 1 rings (SSSR count). The summed E-state index contributed by atoms with van der Waals surface area (Å²) < 4.78 is 20.9. The molecule has 130 valence electrons. The zero-order valence-electron chi connectivity index (χ0n) is 14.1. The van der Waals surface area contributed by atoms with Crippen molar-refractivity contribution in [1.82, 2.24) is 0 Å². The number of esters is 1. The molecule has 2 atom stereocenters. The van der Waals surface area contributed by atoms with Gasteiger partial charge < -0.3 is 30.4 Å². The fourth-order valence-corrected chi connectivity index (χ4v) is 2.07. The zero-order chi connectivity index (χ0) is 17.4. The Kier molecular flexibility index (Phi) is 7.64. The van der Waals surface area contributed by atoms with Crippen molar-refractivity contribution in [3.05, 3.63) is 17.7 Å². The van der Waals surface area contributed by atoms with Crippen molar-refractivity contribution in [2.45, 2.75) is 19.4 Å². The molecule has 7 nitrogen and oxygen atoms in total. The number of carbonyl (C=O) groups is 1. The number of hydrogen-bond acceptors (Lipinski definition) is 7. The molecule has 4 N–H and O–H groups in total. The summed E-state index contributed by atoms with van der Waals surface area (Å²) in [6.07, 6.45) is 0.647. The second-order valence-corrected chi connectivity index (χ2v) is 5.22. The number of methoxy groups -OCH3 is 3. The normalized spacial score (nSPS) is 13.1. The molecule has 0 aliphatic rings. The standard InChI is InChI=1S/C16H26N2O5/c1-10(12(18)9-17)5-6-23-16(19)11-7-13(20-2)15(22-4)14(8-11)21-3/h7-8,10,12H,5-6,9,17-18H2,1-4H3. The van der Waals surface area contributed by atoms with Gasteiger partial charge in [0, 0.05) is 12.6 Å². The van der Waals surface area contributed by atoms with Crippen molar-refractivity contribution in [2.24, 2.45) is 17.4 Å². The molecule has 0 saturated carbocycles. The first-order chi connectivity index (χ1) is 11.0. The monoisotopic (exact) mass is 326 g/mol. The van der Waals surface area contributed by atoms with Crippen LogP contribution in [-0.4, -0.2) is 46.5 Å². The lowest BCUT2D eigenvalue weighted by Gasteiger charge is -2.18. The molecule has 0 aliphatic heterocycles. The van der Waals surface area contributed by atoms with Gasteiger partial charge in [-0.15, -0.1) is 0 Å². The quantitative estimate of drug-likeness (QED) is 0.656. The molecule has 0 spiro atoms. The number of hydrogen-bond donors (Lipinski definition) is 2. The van der Waals surface area contributed by atoms with E-state index in [0.29, 0.717) is 35.8 Å². The Morgan fingerprint density at radius 2 is 1.70 bits per heavy atom. The van der Waals surface area contributed by atoms with Crippen LogP contribution >= 0.6 is 0 Å². The summed E-state index contributed by atoms with van der Waals surface area (Å²) in [6.45, 7) is 2.65. The Morgan fingerprint density at radius 3 is 2.13 bits per heavy atom. The molecule has 0 amide bonds. The van der Waals surface area contributed by atoms with Crippen LogP contribution < -0.4 is 25.7 Å². The smallest absolute Gasteiger partial charge is 0.338 e. The van der Waals surface area contributed by atoms with Crippen LogP contribution in [0.3, 0.4) is 0 Å². The van der Waals surface area contributed by atoms with Gasteiger partial charge in [0.25, 0.3) is 0 Å². The number of carbonyl (C=O) groups excluding carboxylic acids is 1. The van der Waals surface area contributed by atoms with Gasteiger partial charge in [0.15, 0.2) is 11.5 Å². The molecule has 0 fully saturated rings. The molecule has 0 heterocycles. The molecule has 0 radical (unpaired) electrons. The van der Waals surface area contributed by atoms with E-state index in [1.807, 2.05) is 6.92 Å². The minimum atomic E-state index is -0.460. The molecule has 1 aromatic carbocycles. The second kappa shape index (κ2) is 9.22. The minimum absolute atomic E-state index is 0.102. The van der Waals surface area contributed by atoms with Gasteiger partial charge >= 0.3 is 5.97 Å². The summed E-state index contributed by atoms with van der Waals surface area (Å²) in [5, 5.41) is 0. The van der Waals surface area contributed by atoms with Gasteiger partial charge in [-0.1, -0.05) is 6.92 Å². The van der Waals surface area contributed by atoms with Crippen molar-refractivity contribution in [2.75, 3.05) is 34.5 Å². The fourth-order valence-electron chi connectivity index (χ4n) is 2.07. The lowest BCUT2D eigenvalue weighted by Crippen LogP contribution is -2.36. The van der Waals surface area contributed by atoms with Crippen LogP contribution in [0.2, 0.25) is 0 Å². The van der Waals surface area contributed by atoms with E-state index < -0.39 is 5.97 Å². The van der Waals surface area contributed by atoms with Crippen molar-refractivity contribution in [3.63, 3.8) is 0 Å². The number of ether oxygens (including phenoxy) is 4. The van der Waals surface area contributed by atoms with Crippen LogP contribution in [0.1, 0.15) is 23.7 Å². The lowest BCUT2D eigenvalue weighted by molar-refractivity contribution is 0.0480. The third-order valence-electron chi connectivity index (χ3n) is 3.71. The SMILES string of the molecule is COc1cc(C(=O)OCCC(C)C(N)CN)cc(OC)c1OC. The number of nitrogens with two attached hydrogens (primary N) is 2. The Bertz CT molecular complexity index is 496. The first kappa shape index (κ1) is 19.1. The van der Waals surface area contributed by atoms with Gasteiger partial charge in [-0.2, -0.15) is 0 Å². The van der Waals surface area contributed by atoms with Crippen LogP contribution in [0.25, 0.3) is 0 Å². The number of benzene rings is 1. The molecule has 1 aromatic rings. The Balaban J connectivity index is 2.76. The summed E-state index contributed by atoms with van der Waals surface area (Å²) in [6, 6.07) is 3.01. The van der Waals surface area contributed by atoms with E-state index in [1.54, 1.807) is 12.1 Å². The second-order valence-electron chi connectivity index (χ2n) is 5.22. The van der Waals surface area contributed by atoms with Crippen molar-refractivity contribution in [3.8, 4) is 17.2 Å². The highest BCUT2D eigenvalue weighted by Gasteiger charge is 2.18. The highest BCUT2D eigenvalue weighted by molar-refractivity contribution is 5.91. The molecule has 2 unspecified atom stereocenters. The first-order valence-electron chi connectivity index (χ1n) is 7.41. The Hall–Kier alpha value is -1.99. The van der Waals surface area contributed by atoms with Crippen LogP contribution in [0.15, 0.2) is 12.1 Å². The highest BCUT2D eigenvalue weighted by atomic mass is 16.5. The van der Waals surface area contributed by atoms with Crippen LogP contribution in [0.4, 0.5) is 0 Å². The minimum Gasteiger partial charge on any atom is -0.493 e. The molecular formula is C16H26N2O5. The van der Waals surface area contributed by atoms with E-state index in [9.17, 15) is 4.79 Å². The van der Waals surface area contributed by atoms with Crippen molar-refractivity contribution < 1.29 is 23.7 Å². The van der Waals surface area contributed by atoms with Crippen LogP contribution in [0.5, 0.6) is 17.2 Å².